The summed E-state index contributed by atoms with van der Waals surface area (Å²) in [5, 5.41) is 6.35. The normalized spacial score (nSPS) is 12.1. The molecule has 1 N–H and O–H groups in total. The van der Waals surface area contributed by atoms with Crippen molar-refractivity contribution in [2.45, 2.75) is 33.2 Å². The third kappa shape index (κ3) is 3.66. The fraction of sp³-hybridized carbons (Fsp3) is 0.208. The molecule has 1 unspecified atom stereocenters. The van der Waals surface area contributed by atoms with Crippen molar-refractivity contribution in [3.8, 4) is 11.3 Å². The lowest BCUT2D eigenvalue weighted by Gasteiger charge is -2.21. The summed E-state index contributed by atoms with van der Waals surface area (Å²) in [6.07, 6.45) is 0.495. The van der Waals surface area contributed by atoms with E-state index >= 15 is 0 Å². The van der Waals surface area contributed by atoms with Crippen LogP contribution in [-0.2, 0) is 4.79 Å². The quantitative estimate of drug-likeness (QED) is 0.477. The Morgan fingerprint density at radius 2 is 1.87 bits per heavy atom. The van der Waals surface area contributed by atoms with Crippen LogP contribution in [0.5, 0.6) is 0 Å². The van der Waals surface area contributed by atoms with E-state index in [9.17, 15) is 9.59 Å². The largest absolute Gasteiger partial charge is 0.300 e. The third-order valence-electron chi connectivity index (χ3n) is 5.29. The number of pyridine rings is 1. The molecule has 30 heavy (non-hydrogen) atoms. The third-order valence-corrected chi connectivity index (χ3v) is 6.04. The molecule has 1 amide bonds. The molecule has 0 saturated heterocycles. The maximum absolute atomic E-state index is 13.2. The monoisotopic (exact) mass is 417 g/mol. The number of benzene rings is 2. The summed E-state index contributed by atoms with van der Waals surface area (Å²) >= 11 is 1.38. The molecule has 0 radical (unpaired) electrons. The predicted molar refractivity (Wildman–Crippen MR) is 123 cm³/mol. The Morgan fingerprint density at radius 1 is 1.10 bits per heavy atom. The van der Waals surface area contributed by atoms with E-state index < -0.39 is 6.04 Å². The summed E-state index contributed by atoms with van der Waals surface area (Å²) in [7, 11) is 0. The number of nitrogens with zero attached hydrogens (tertiary/aromatic N) is 2. The van der Waals surface area contributed by atoms with Crippen LogP contribution in [0, 0.1) is 13.8 Å². The fourth-order valence-electron chi connectivity index (χ4n) is 3.80. The highest BCUT2D eigenvalue weighted by molar-refractivity contribution is 7.14. The molecule has 2 aromatic carbocycles. The van der Waals surface area contributed by atoms with E-state index in [2.05, 4.69) is 10.3 Å². The predicted octanol–water partition coefficient (Wildman–Crippen LogP) is 5.33. The number of para-hydroxylation sites is 1. The number of hydrogen-bond donors (Lipinski definition) is 1. The zero-order valence-electron chi connectivity index (χ0n) is 17.2. The van der Waals surface area contributed by atoms with Crippen molar-refractivity contribution >= 4 is 33.3 Å². The first-order valence-electron chi connectivity index (χ1n) is 9.93. The van der Waals surface area contributed by atoms with Crippen LogP contribution < -0.4 is 10.9 Å². The van der Waals surface area contributed by atoms with Crippen molar-refractivity contribution in [1.82, 2.24) is 9.55 Å². The van der Waals surface area contributed by atoms with E-state index in [1.807, 2.05) is 74.7 Å². The Bertz CT molecular complexity index is 1270. The summed E-state index contributed by atoms with van der Waals surface area (Å²) in [5.74, 6) is -0.234. The standard InChI is InChI=1S/C24H23N3O2S/c1-4-20(27-21(28)13-16(3)18-12-8-9-15(2)22(18)27)23(29)26-24-25-19(14-30-24)17-10-6-5-7-11-17/h5-14,20H,4H2,1-3H3,(H,25,26,29). The average Bonchev–Trinajstić information content (AvgIpc) is 3.20. The summed E-state index contributed by atoms with van der Waals surface area (Å²) in [6, 6.07) is 16.7. The smallest absolute Gasteiger partial charge is 0.252 e. The lowest BCUT2D eigenvalue weighted by atomic mass is 10.0. The van der Waals surface area contributed by atoms with Crippen molar-refractivity contribution in [3.63, 3.8) is 0 Å². The zero-order valence-corrected chi connectivity index (χ0v) is 18.0. The highest BCUT2D eigenvalue weighted by atomic mass is 32.1. The minimum absolute atomic E-state index is 0.166. The van der Waals surface area contributed by atoms with Gasteiger partial charge in [0.15, 0.2) is 5.13 Å². The van der Waals surface area contributed by atoms with Gasteiger partial charge in [-0.3, -0.25) is 14.2 Å². The average molecular weight is 418 g/mol. The van der Waals surface area contributed by atoms with E-state index in [0.717, 1.165) is 33.3 Å². The van der Waals surface area contributed by atoms with Crippen LogP contribution in [0.2, 0.25) is 0 Å². The van der Waals surface area contributed by atoms with Crippen LogP contribution >= 0.6 is 11.3 Å². The first-order chi connectivity index (χ1) is 14.5. The van der Waals surface area contributed by atoms with Crippen molar-refractivity contribution in [1.29, 1.82) is 0 Å². The van der Waals surface area contributed by atoms with Crippen LogP contribution in [-0.4, -0.2) is 15.5 Å². The van der Waals surface area contributed by atoms with Gasteiger partial charge in [0.25, 0.3) is 5.56 Å². The molecular weight excluding hydrogens is 394 g/mol. The van der Waals surface area contributed by atoms with Gasteiger partial charge in [0.05, 0.1) is 11.2 Å². The van der Waals surface area contributed by atoms with Crippen LogP contribution in [0.4, 0.5) is 5.13 Å². The molecule has 0 fully saturated rings. The van der Waals surface area contributed by atoms with Gasteiger partial charge in [-0.2, -0.15) is 0 Å². The van der Waals surface area contributed by atoms with Gasteiger partial charge in [-0.1, -0.05) is 55.5 Å². The number of nitrogens with one attached hydrogen (secondary N) is 1. The molecule has 4 aromatic rings. The van der Waals surface area contributed by atoms with E-state index in [4.69, 9.17) is 0 Å². The molecule has 0 bridgehead atoms. The number of anilines is 1. The van der Waals surface area contributed by atoms with Gasteiger partial charge in [0.1, 0.15) is 6.04 Å². The maximum Gasteiger partial charge on any atom is 0.252 e. The summed E-state index contributed by atoms with van der Waals surface area (Å²) < 4.78 is 1.62. The fourth-order valence-corrected chi connectivity index (χ4v) is 4.52. The summed E-state index contributed by atoms with van der Waals surface area (Å²) in [6.45, 7) is 5.81. The lowest BCUT2D eigenvalue weighted by Crippen LogP contribution is -2.33. The Morgan fingerprint density at radius 3 is 2.60 bits per heavy atom. The molecule has 0 aliphatic heterocycles. The number of rotatable bonds is 5. The molecule has 0 saturated carbocycles. The second-order valence-corrected chi connectivity index (χ2v) is 8.18. The van der Waals surface area contributed by atoms with Gasteiger partial charge in [-0.15, -0.1) is 11.3 Å². The highest BCUT2D eigenvalue weighted by Gasteiger charge is 2.24. The first kappa shape index (κ1) is 20.0. The molecule has 4 rings (SSSR count). The van der Waals surface area contributed by atoms with Crippen molar-refractivity contribution in [3.05, 3.63) is 81.5 Å². The molecule has 0 spiro atoms. The summed E-state index contributed by atoms with van der Waals surface area (Å²) in [5.41, 5.74) is 4.35. The van der Waals surface area contributed by atoms with E-state index in [0.29, 0.717) is 11.6 Å². The number of hydrogen-bond acceptors (Lipinski definition) is 4. The molecule has 152 valence electrons. The SMILES string of the molecule is CCC(C(=O)Nc1nc(-c2ccccc2)cs1)n1c(=O)cc(C)c2cccc(C)c21. The molecule has 1 atom stereocenters. The first-order valence-corrected chi connectivity index (χ1v) is 10.8. The van der Waals surface area contributed by atoms with Crippen LogP contribution in [0.1, 0.15) is 30.5 Å². The van der Waals surface area contributed by atoms with E-state index in [-0.39, 0.29) is 11.5 Å². The Balaban J connectivity index is 1.70. The molecule has 0 aliphatic rings. The number of aromatic nitrogens is 2. The van der Waals surface area contributed by atoms with Crippen molar-refractivity contribution in [2.24, 2.45) is 0 Å². The number of carbonyl (C=O) groups excluding carboxylic acids is 1. The Kier molecular flexibility index (Phi) is 5.50. The molecule has 5 nitrogen and oxygen atoms in total. The van der Waals surface area contributed by atoms with Gasteiger partial charge in [-0.25, -0.2) is 4.98 Å². The van der Waals surface area contributed by atoms with E-state index in [1.165, 1.54) is 11.3 Å². The molecular formula is C24H23N3O2S. The number of carbonyl (C=O) groups is 1. The number of aryl methyl sites for hydroxylation is 2. The van der Waals surface area contributed by atoms with Gasteiger partial charge < -0.3 is 5.32 Å². The number of amides is 1. The van der Waals surface area contributed by atoms with Gasteiger partial charge in [0, 0.05) is 22.4 Å². The Hall–Kier alpha value is -3.25. The Labute approximate surface area is 179 Å². The molecule has 0 aliphatic carbocycles. The molecule has 6 heteroatoms. The zero-order chi connectivity index (χ0) is 21.3. The minimum Gasteiger partial charge on any atom is -0.300 e. The highest BCUT2D eigenvalue weighted by Crippen LogP contribution is 2.27. The topological polar surface area (TPSA) is 64.0 Å². The lowest BCUT2D eigenvalue weighted by molar-refractivity contribution is -0.119. The van der Waals surface area contributed by atoms with Crippen molar-refractivity contribution in [2.75, 3.05) is 5.32 Å². The van der Waals surface area contributed by atoms with Crippen LogP contribution in [0.3, 0.4) is 0 Å². The molecule has 2 heterocycles. The van der Waals surface area contributed by atoms with Crippen LogP contribution in [0.25, 0.3) is 22.2 Å². The second-order valence-electron chi connectivity index (χ2n) is 7.32. The van der Waals surface area contributed by atoms with Crippen LogP contribution in [0.15, 0.2) is 64.8 Å². The molecule has 2 aromatic heterocycles. The maximum atomic E-state index is 13.2. The van der Waals surface area contributed by atoms with E-state index in [1.54, 1.807) is 10.6 Å². The van der Waals surface area contributed by atoms with Crippen molar-refractivity contribution < 1.29 is 4.79 Å². The second kappa shape index (κ2) is 8.24. The number of thiazole rings is 1. The minimum atomic E-state index is -0.620. The summed E-state index contributed by atoms with van der Waals surface area (Å²) in [4.78, 5) is 30.6. The van der Waals surface area contributed by atoms with Gasteiger partial charge >= 0.3 is 0 Å². The van der Waals surface area contributed by atoms with Gasteiger partial charge in [-0.05, 0) is 31.4 Å². The number of fused-ring (bicyclic) bond motifs is 1. The van der Waals surface area contributed by atoms with Gasteiger partial charge in [0.2, 0.25) is 5.91 Å².